The normalized spacial score (nSPS) is 11.7. The third kappa shape index (κ3) is 3.51. The van der Waals surface area contributed by atoms with Crippen molar-refractivity contribution < 1.29 is 4.74 Å². The van der Waals surface area contributed by atoms with Crippen molar-refractivity contribution in [3.8, 4) is 6.07 Å². The number of nitriles is 1. The lowest BCUT2D eigenvalue weighted by atomic mass is 10.1. The molecule has 0 amide bonds. The summed E-state index contributed by atoms with van der Waals surface area (Å²) in [5.41, 5.74) is 2.43. The number of nitrogens with zero attached hydrogens (tertiary/aromatic N) is 1. The Morgan fingerprint density at radius 1 is 1.25 bits per heavy atom. The van der Waals surface area contributed by atoms with Gasteiger partial charge in [-0.1, -0.05) is 41.9 Å². The van der Waals surface area contributed by atoms with Crippen LogP contribution in [-0.4, -0.2) is 13.7 Å². The first kappa shape index (κ1) is 14.4. The van der Waals surface area contributed by atoms with Crippen LogP contribution in [-0.2, 0) is 4.74 Å². The first-order valence-corrected chi connectivity index (χ1v) is 6.62. The van der Waals surface area contributed by atoms with E-state index >= 15 is 0 Å². The van der Waals surface area contributed by atoms with Crippen LogP contribution in [0, 0.1) is 11.3 Å². The largest absolute Gasteiger partial charge is 0.382 e. The summed E-state index contributed by atoms with van der Waals surface area (Å²) in [6.45, 7) is 0.536. The van der Waals surface area contributed by atoms with Crippen molar-refractivity contribution in [3.05, 3.63) is 64.7 Å². The number of rotatable bonds is 5. The zero-order valence-electron chi connectivity index (χ0n) is 11.1. The van der Waals surface area contributed by atoms with Gasteiger partial charge in [0.15, 0.2) is 0 Å². The van der Waals surface area contributed by atoms with Gasteiger partial charge in [0.2, 0.25) is 0 Å². The molecule has 1 N–H and O–H groups in total. The van der Waals surface area contributed by atoms with E-state index in [1.807, 2.05) is 36.4 Å². The topological polar surface area (TPSA) is 45.0 Å². The fraction of sp³-hybridized carbons (Fsp3) is 0.188. The molecule has 0 aliphatic heterocycles. The number of halogens is 1. The van der Waals surface area contributed by atoms with Crippen molar-refractivity contribution in [3.63, 3.8) is 0 Å². The first-order valence-electron chi connectivity index (χ1n) is 6.24. The molecule has 0 saturated carbocycles. The molecule has 2 aromatic carbocycles. The molecule has 2 rings (SSSR count). The second-order valence-corrected chi connectivity index (χ2v) is 4.78. The van der Waals surface area contributed by atoms with E-state index in [4.69, 9.17) is 21.6 Å². The van der Waals surface area contributed by atoms with Gasteiger partial charge in [0.25, 0.3) is 0 Å². The second kappa shape index (κ2) is 6.95. The van der Waals surface area contributed by atoms with E-state index in [0.29, 0.717) is 17.2 Å². The molecule has 0 heterocycles. The third-order valence-electron chi connectivity index (χ3n) is 2.96. The molecule has 4 heteroatoms. The van der Waals surface area contributed by atoms with Crippen LogP contribution in [0.3, 0.4) is 0 Å². The van der Waals surface area contributed by atoms with Crippen molar-refractivity contribution in [1.82, 2.24) is 0 Å². The lowest BCUT2D eigenvalue weighted by Gasteiger charge is -2.20. The summed E-state index contributed by atoms with van der Waals surface area (Å²) in [7, 11) is 1.67. The Morgan fingerprint density at radius 2 is 2.00 bits per heavy atom. The lowest BCUT2D eigenvalue weighted by Crippen LogP contribution is -2.16. The molecule has 3 nitrogen and oxygen atoms in total. The SMILES string of the molecule is COCC(Nc1ccc(Cl)c(C#N)c1)c1ccccc1. The fourth-order valence-corrected chi connectivity index (χ4v) is 2.13. The minimum Gasteiger partial charge on any atom is -0.382 e. The average Bonchev–Trinajstić information content (AvgIpc) is 2.49. The number of hydrogen-bond donors (Lipinski definition) is 1. The van der Waals surface area contributed by atoms with Crippen LogP contribution in [0.2, 0.25) is 5.02 Å². The Morgan fingerprint density at radius 3 is 2.65 bits per heavy atom. The highest BCUT2D eigenvalue weighted by Gasteiger charge is 2.11. The molecule has 0 spiro atoms. The van der Waals surface area contributed by atoms with Crippen molar-refractivity contribution in [2.75, 3.05) is 19.0 Å². The standard InChI is InChI=1S/C16H15ClN2O/c1-20-11-16(12-5-3-2-4-6-12)19-14-7-8-15(17)13(9-14)10-18/h2-9,16,19H,11H2,1H3. The molecule has 2 aromatic rings. The van der Waals surface area contributed by atoms with Gasteiger partial charge in [-0.15, -0.1) is 0 Å². The van der Waals surface area contributed by atoms with Crippen LogP contribution in [0.15, 0.2) is 48.5 Å². The quantitative estimate of drug-likeness (QED) is 0.903. The number of methoxy groups -OCH3 is 1. The van der Waals surface area contributed by atoms with Crippen LogP contribution in [0.25, 0.3) is 0 Å². The van der Waals surface area contributed by atoms with Gasteiger partial charge in [0.05, 0.1) is 23.2 Å². The fourth-order valence-electron chi connectivity index (χ4n) is 1.98. The molecule has 20 heavy (non-hydrogen) atoms. The average molecular weight is 287 g/mol. The van der Waals surface area contributed by atoms with Gasteiger partial charge < -0.3 is 10.1 Å². The molecular weight excluding hydrogens is 272 g/mol. The molecule has 0 fully saturated rings. The van der Waals surface area contributed by atoms with Gasteiger partial charge in [-0.2, -0.15) is 5.26 Å². The maximum absolute atomic E-state index is 9.01. The maximum Gasteiger partial charge on any atom is 0.101 e. The summed E-state index contributed by atoms with van der Waals surface area (Å²) in [5.74, 6) is 0. The lowest BCUT2D eigenvalue weighted by molar-refractivity contribution is 0.186. The number of nitrogens with one attached hydrogen (secondary N) is 1. The minimum atomic E-state index is 0.0221. The monoisotopic (exact) mass is 286 g/mol. The molecule has 0 aliphatic carbocycles. The maximum atomic E-state index is 9.01. The summed E-state index contributed by atoms with van der Waals surface area (Å²) >= 11 is 5.94. The number of hydrogen-bond acceptors (Lipinski definition) is 3. The van der Waals surface area contributed by atoms with E-state index in [0.717, 1.165) is 11.3 Å². The van der Waals surface area contributed by atoms with Gasteiger partial charge in [-0.25, -0.2) is 0 Å². The number of anilines is 1. The van der Waals surface area contributed by atoms with E-state index in [-0.39, 0.29) is 6.04 Å². The Bertz CT molecular complexity index is 608. The number of ether oxygens (including phenoxy) is 1. The molecule has 0 bridgehead atoms. The van der Waals surface area contributed by atoms with Crippen LogP contribution < -0.4 is 5.32 Å². The number of benzene rings is 2. The van der Waals surface area contributed by atoms with Crippen molar-refractivity contribution in [2.45, 2.75) is 6.04 Å². The zero-order valence-corrected chi connectivity index (χ0v) is 11.9. The summed E-state index contributed by atoms with van der Waals surface area (Å²) in [6.07, 6.45) is 0. The van der Waals surface area contributed by atoms with Gasteiger partial charge >= 0.3 is 0 Å². The van der Waals surface area contributed by atoms with E-state index in [2.05, 4.69) is 11.4 Å². The molecule has 1 unspecified atom stereocenters. The Balaban J connectivity index is 2.23. The van der Waals surface area contributed by atoms with Crippen LogP contribution in [0.4, 0.5) is 5.69 Å². The van der Waals surface area contributed by atoms with E-state index in [9.17, 15) is 0 Å². The third-order valence-corrected chi connectivity index (χ3v) is 3.29. The molecule has 0 aromatic heterocycles. The Hall–Kier alpha value is -2.02. The van der Waals surface area contributed by atoms with Gasteiger partial charge in [-0.05, 0) is 23.8 Å². The zero-order chi connectivity index (χ0) is 14.4. The summed E-state index contributed by atoms with van der Waals surface area (Å²) in [6, 6.07) is 17.5. The van der Waals surface area contributed by atoms with E-state index < -0.39 is 0 Å². The molecule has 0 aliphatic rings. The van der Waals surface area contributed by atoms with E-state index in [1.165, 1.54) is 0 Å². The summed E-state index contributed by atoms with van der Waals surface area (Å²) in [5, 5.41) is 12.8. The second-order valence-electron chi connectivity index (χ2n) is 4.37. The molecule has 102 valence electrons. The highest BCUT2D eigenvalue weighted by Crippen LogP contribution is 2.24. The van der Waals surface area contributed by atoms with Crippen molar-refractivity contribution in [2.24, 2.45) is 0 Å². The minimum absolute atomic E-state index is 0.0221. The molecule has 0 saturated heterocycles. The predicted molar refractivity (Wildman–Crippen MR) is 80.8 cm³/mol. The van der Waals surface area contributed by atoms with Gasteiger partial charge in [-0.3, -0.25) is 0 Å². The Labute approximate surface area is 123 Å². The van der Waals surface area contributed by atoms with Crippen molar-refractivity contribution in [1.29, 1.82) is 5.26 Å². The van der Waals surface area contributed by atoms with Crippen LogP contribution in [0.1, 0.15) is 17.2 Å². The summed E-state index contributed by atoms with van der Waals surface area (Å²) < 4.78 is 5.26. The molecule has 1 atom stereocenters. The summed E-state index contributed by atoms with van der Waals surface area (Å²) in [4.78, 5) is 0. The van der Waals surface area contributed by atoms with E-state index in [1.54, 1.807) is 19.2 Å². The molecule has 0 radical (unpaired) electrons. The highest BCUT2D eigenvalue weighted by atomic mass is 35.5. The Kier molecular flexibility index (Phi) is 5.00. The molecular formula is C16H15ClN2O. The smallest absolute Gasteiger partial charge is 0.101 e. The van der Waals surface area contributed by atoms with Gasteiger partial charge in [0.1, 0.15) is 6.07 Å². The predicted octanol–water partition coefficient (Wildman–Crippen LogP) is 4.01. The van der Waals surface area contributed by atoms with Crippen molar-refractivity contribution >= 4 is 17.3 Å². The first-order chi connectivity index (χ1) is 9.74. The van der Waals surface area contributed by atoms with Crippen LogP contribution >= 0.6 is 11.6 Å². The van der Waals surface area contributed by atoms with Gasteiger partial charge in [0, 0.05) is 12.8 Å². The highest BCUT2D eigenvalue weighted by molar-refractivity contribution is 6.31. The van der Waals surface area contributed by atoms with Crippen LogP contribution in [0.5, 0.6) is 0 Å².